The maximum absolute atomic E-state index is 12.6. The van der Waals surface area contributed by atoms with Crippen LogP contribution < -0.4 is 4.74 Å². The molecule has 0 radical (unpaired) electrons. The minimum atomic E-state index is -4.44. The molecule has 0 saturated heterocycles. The van der Waals surface area contributed by atoms with E-state index in [0.29, 0.717) is 17.1 Å². The molecule has 0 aromatic heterocycles. The minimum Gasteiger partial charge on any atom is -0.457 e. The fraction of sp³-hybridized carbons (Fsp3) is 0.304. The molecule has 1 saturated carbocycles. The van der Waals surface area contributed by atoms with E-state index in [1.807, 2.05) is 24.3 Å². The number of alkyl halides is 3. The summed E-state index contributed by atoms with van der Waals surface area (Å²) in [6.45, 7) is 3.39. The number of nitriles is 1. The maximum atomic E-state index is 12.6. The highest BCUT2D eigenvalue weighted by atomic mass is 19.4. The molecule has 1 aliphatic carbocycles. The lowest BCUT2D eigenvalue weighted by atomic mass is 10.1. The van der Waals surface area contributed by atoms with Crippen molar-refractivity contribution in [1.82, 2.24) is 0 Å². The molecular formula is C23H20F3NO3. The zero-order valence-electron chi connectivity index (χ0n) is 16.4. The number of benzene rings is 2. The van der Waals surface area contributed by atoms with Gasteiger partial charge in [-0.05, 0) is 35.6 Å². The summed E-state index contributed by atoms with van der Waals surface area (Å²) in [5.41, 5.74) is -0.253. The molecule has 0 heterocycles. The van der Waals surface area contributed by atoms with E-state index in [1.54, 1.807) is 50.2 Å². The molecule has 0 N–H and O–H groups in total. The Hall–Kier alpha value is -3.27. The van der Waals surface area contributed by atoms with E-state index in [-0.39, 0.29) is 6.08 Å². The number of ether oxygens (including phenoxy) is 2. The van der Waals surface area contributed by atoms with Crippen molar-refractivity contribution in [3.63, 3.8) is 0 Å². The third-order valence-corrected chi connectivity index (χ3v) is 5.15. The molecule has 7 heteroatoms. The Balaban J connectivity index is 1.70. The van der Waals surface area contributed by atoms with Crippen LogP contribution in [0.4, 0.5) is 13.2 Å². The number of esters is 1. The third kappa shape index (κ3) is 5.01. The van der Waals surface area contributed by atoms with Gasteiger partial charge in [-0.3, -0.25) is 4.79 Å². The smallest absolute Gasteiger partial charge is 0.409 e. The minimum absolute atomic E-state index is 0.138. The second-order valence-electron chi connectivity index (χ2n) is 7.66. The normalized spacial score (nSPS) is 20.9. The Bertz CT molecular complexity index is 977. The SMILES string of the molecule is CC1(C)C(/C=C/C(F)(F)F)C1C(=O)OC(C#N)c1cccc(Oc2ccccc2)c1. The van der Waals surface area contributed by atoms with Gasteiger partial charge in [-0.1, -0.05) is 50.3 Å². The molecule has 3 unspecified atom stereocenters. The number of carbonyl (C=O) groups excluding carboxylic acids is 1. The molecular weight excluding hydrogens is 395 g/mol. The van der Waals surface area contributed by atoms with Crippen LogP contribution in [0.15, 0.2) is 66.7 Å². The first kappa shape index (κ1) is 21.4. The molecule has 3 atom stereocenters. The molecule has 2 aromatic rings. The van der Waals surface area contributed by atoms with Gasteiger partial charge >= 0.3 is 12.1 Å². The topological polar surface area (TPSA) is 59.3 Å². The van der Waals surface area contributed by atoms with Gasteiger partial charge in [0.05, 0.1) is 5.92 Å². The van der Waals surface area contributed by atoms with E-state index in [1.165, 1.54) is 0 Å². The van der Waals surface area contributed by atoms with Crippen molar-refractivity contribution in [2.75, 3.05) is 0 Å². The molecule has 30 heavy (non-hydrogen) atoms. The number of hydrogen-bond donors (Lipinski definition) is 0. The van der Waals surface area contributed by atoms with Gasteiger partial charge < -0.3 is 9.47 Å². The predicted molar refractivity (Wildman–Crippen MR) is 103 cm³/mol. The standard InChI is InChI=1S/C23H20F3NO3/c1-22(2)18(11-12-23(24,25)26)20(22)21(28)30-19(14-27)15-7-6-10-17(13-15)29-16-8-4-3-5-9-16/h3-13,18-20H,1-2H3/b12-11+. The highest BCUT2D eigenvalue weighted by Gasteiger charge is 2.61. The van der Waals surface area contributed by atoms with Gasteiger partial charge in [-0.2, -0.15) is 18.4 Å². The summed E-state index contributed by atoms with van der Waals surface area (Å²) in [5, 5.41) is 9.49. The van der Waals surface area contributed by atoms with E-state index in [2.05, 4.69) is 0 Å². The van der Waals surface area contributed by atoms with Crippen LogP contribution in [0.25, 0.3) is 0 Å². The predicted octanol–water partition coefficient (Wildman–Crippen LogP) is 5.98. The third-order valence-electron chi connectivity index (χ3n) is 5.15. The van der Waals surface area contributed by atoms with Crippen molar-refractivity contribution in [3.8, 4) is 17.6 Å². The number of halogens is 3. The summed E-state index contributed by atoms with van der Waals surface area (Å²) < 4.78 is 48.4. The summed E-state index contributed by atoms with van der Waals surface area (Å²) in [6.07, 6.45) is -4.51. The number of hydrogen-bond acceptors (Lipinski definition) is 4. The van der Waals surface area contributed by atoms with E-state index in [9.17, 15) is 23.2 Å². The quantitative estimate of drug-likeness (QED) is 0.430. The molecule has 0 amide bonds. The van der Waals surface area contributed by atoms with E-state index < -0.39 is 35.5 Å². The van der Waals surface area contributed by atoms with Crippen LogP contribution in [0.5, 0.6) is 11.5 Å². The molecule has 4 nitrogen and oxygen atoms in total. The van der Waals surface area contributed by atoms with Gasteiger partial charge in [-0.15, -0.1) is 0 Å². The average Bonchev–Trinajstić information content (AvgIpc) is 3.25. The van der Waals surface area contributed by atoms with Crippen LogP contribution in [-0.2, 0) is 9.53 Å². The van der Waals surface area contributed by atoms with Crippen molar-refractivity contribution in [1.29, 1.82) is 5.26 Å². The Morgan fingerprint density at radius 2 is 1.80 bits per heavy atom. The van der Waals surface area contributed by atoms with Gasteiger partial charge in [0.25, 0.3) is 0 Å². The number of nitrogens with zero attached hydrogens (tertiary/aromatic N) is 1. The summed E-state index contributed by atoms with van der Waals surface area (Å²) in [4.78, 5) is 12.6. The first-order valence-corrected chi connectivity index (χ1v) is 9.31. The van der Waals surface area contributed by atoms with E-state index >= 15 is 0 Å². The monoisotopic (exact) mass is 415 g/mol. The first-order chi connectivity index (χ1) is 14.1. The molecule has 156 valence electrons. The maximum Gasteiger partial charge on any atom is 0.409 e. The lowest BCUT2D eigenvalue weighted by molar-refractivity contribution is -0.149. The van der Waals surface area contributed by atoms with Crippen LogP contribution in [0.3, 0.4) is 0 Å². The lowest BCUT2D eigenvalue weighted by Crippen LogP contribution is -2.14. The molecule has 2 aromatic carbocycles. The number of allylic oxidation sites excluding steroid dienone is 2. The van der Waals surface area contributed by atoms with Crippen LogP contribution in [-0.4, -0.2) is 12.1 Å². The molecule has 1 aliphatic rings. The van der Waals surface area contributed by atoms with E-state index in [0.717, 1.165) is 6.08 Å². The Morgan fingerprint density at radius 1 is 1.13 bits per heavy atom. The number of para-hydroxylation sites is 1. The average molecular weight is 415 g/mol. The number of rotatable bonds is 6. The van der Waals surface area contributed by atoms with Gasteiger partial charge in [0, 0.05) is 11.6 Å². The zero-order chi connectivity index (χ0) is 21.9. The fourth-order valence-electron chi connectivity index (χ4n) is 3.42. The Kier molecular flexibility index (Phi) is 5.88. The highest BCUT2D eigenvalue weighted by molar-refractivity contribution is 5.78. The van der Waals surface area contributed by atoms with Gasteiger partial charge in [-0.25, -0.2) is 0 Å². The summed E-state index contributed by atoms with van der Waals surface area (Å²) in [5.74, 6) is -0.959. The molecule has 3 rings (SSSR count). The second kappa shape index (κ2) is 8.23. The molecule has 0 aliphatic heterocycles. The molecule has 0 bridgehead atoms. The van der Waals surface area contributed by atoms with Crippen LogP contribution in [0, 0.1) is 28.6 Å². The van der Waals surface area contributed by atoms with E-state index in [4.69, 9.17) is 9.47 Å². The van der Waals surface area contributed by atoms with Gasteiger partial charge in [0.15, 0.2) is 0 Å². The van der Waals surface area contributed by atoms with Crippen LogP contribution in [0.1, 0.15) is 25.5 Å². The number of carbonyl (C=O) groups is 1. The van der Waals surface area contributed by atoms with Crippen molar-refractivity contribution in [3.05, 3.63) is 72.3 Å². The Labute approximate surface area is 172 Å². The van der Waals surface area contributed by atoms with Crippen molar-refractivity contribution >= 4 is 5.97 Å². The van der Waals surface area contributed by atoms with Gasteiger partial charge in [0.1, 0.15) is 17.6 Å². The van der Waals surface area contributed by atoms with Crippen molar-refractivity contribution in [2.45, 2.75) is 26.1 Å². The zero-order valence-corrected chi connectivity index (χ0v) is 16.4. The van der Waals surface area contributed by atoms with Gasteiger partial charge in [0.2, 0.25) is 6.10 Å². The fourth-order valence-corrected chi connectivity index (χ4v) is 3.42. The van der Waals surface area contributed by atoms with Crippen LogP contribution in [0.2, 0.25) is 0 Å². The molecule has 1 fully saturated rings. The summed E-state index contributed by atoms with van der Waals surface area (Å²) in [7, 11) is 0. The molecule has 0 spiro atoms. The summed E-state index contributed by atoms with van der Waals surface area (Å²) >= 11 is 0. The second-order valence-corrected chi connectivity index (χ2v) is 7.66. The lowest BCUT2D eigenvalue weighted by Gasteiger charge is -2.13. The van der Waals surface area contributed by atoms with Crippen molar-refractivity contribution < 1.29 is 27.4 Å². The summed E-state index contributed by atoms with van der Waals surface area (Å²) in [6, 6.07) is 17.6. The first-order valence-electron chi connectivity index (χ1n) is 9.31. The van der Waals surface area contributed by atoms with Crippen LogP contribution >= 0.6 is 0 Å². The Morgan fingerprint density at radius 3 is 2.43 bits per heavy atom. The largest absolute Gasteiger partial charge is 0.457 e. The van der Waals surface area contributed by atoms with Crippen molar-refractivity contribution in [2.24, 2.45) is 17.3 Å². The highest BCUT2D eigenvalue weighted by Crippen LogP contribution is 2.60.